The Morgan fingerprint density at radius 3 is 2.70 bits per heavy atom. The van der Waals surface area contributed by atoms with Gasteiger partial charge in [0, 0.05) is 17.1 Å². The first kappa shape index (κ1) is 15.2. The Kier molecular flexibility index (Phi) is 4.06. The molecule has 1 heterocycles. The van der Waals surface area contributed by atoms with Gasteiger partial charge in [-0.2, -0.15) is 0 Å². The highest BCUT2D eigenvalue weighted by molar-refractivity contribution is 5.92. The van der Waals surface area contributed by atoms with Crippen LogP contribution in [0.2, 0.25) is 0 Å². The standard InChI is InChI=1S/C19H19NO3/c1-12-4-6-17-15(8-12)14(11-20-17)9-13-5-7-18(22-2)16(10-13)19(21)23-3/h4-8,10-11,20H,9H2,1-3H3. The lowest BCUT2D eigenvalue weighted by atomic mass is 10.0. The van der Waals surface area contributed by atoms with Gasteiger partial charge in [-0.3, -0.25) is 0 Å². The molecule has 0 radical (unpaired) electrons. The molecule has 0 atom stereocenters. The summed E-state index contributed by atoms with van der Waals surface area (Å²) in [6, 6.07) is 12.0. The lowest BCUT2D eigenvalue weighted by Gasteiger charge is -2.09. The quantitative estimate of drug-likeness (QED) is 0.744. The number of aromatic amines is 1. The zero-order valence-corrected chi connectivity index (χ0v) is 13.5. The molecule has 0 bridgehead atoms. The third kappa shape index (κ3) is 2.93. The zero-order chi connectivity index (χ0) is 16.4. The van der Waals surface area contributed by atoms with E-state index in [4.69, 9.17) is 9.47 Å². The van der Waals surface area contributed by atoms with E-state index in [1.807, 2.05) is 24.4 Å². The van der Waals surface area contributed by atoms with Gasteiger partial charge in [-0.1, -0.05) is 17.7 Å². The van der Waals surface area contributed by atoms with Crippen LogP contribution in [0.3, 0.4) is 0 Å². The van der Waals surface area contributed by atoms with Crippen molar-refractivity contribution in [1.82, 2.24) is 4.98 Å². The summed E-state index contributed by atoms with van der Waals surface area (Å²) in [7, 11) is 2.92. The molecule has 1 aromatic heterocycles. The Morgan fingerprint density at radius 1 is 1.13 bits per heavy atom. The minimum atomic E-state index is -0.390. The number of carbonyl (C=O) groups excluding carboxylic acids is 1. The monoisotopic (exact) mass is 309 g/mol. The smallest absolute Gasteiger partial charge is 0.341 e. The van der Waals surface area contributed by atoms with Crippen LogP contribution in [0.5, 0.6) is 5.75 Å². The van der Waals surface area contributed by atoms with Gasteiger partial charge in [0.1, 0.15) is 11.3 Å². The maximum Gasteiger partial charge on any atom is 0.341 e. The molecule has 0 amide bonds. The van der Waals surface area contributed by atoms with Crippen molar-refractivity contribution < 1.29 is 14.3 Å². The largest absolute Gasteiger partial charge is 0.496 e. The average molecular weight is 309 g/mol. The predicted octanol–water partition coefficient (Wildman–Crippen LogP) is 3.86. The van der Waals surface area contributed by atoms with E-state index in [0.717, 1.165) is 17.5 Å². The van der Waals surface area contributed by atoms with Crippen LogP contribution in [0.4, 0.5) is 0 Å². The number of fused-ring (bicyclic) bond motifs is 1. The Bertz CT molecular complexity index is 864. The van der Waals surface area contributed by atoms with E-state index in [0.29, 0.717) is 11.3 Å². The summed E-state index contributed by atoms with van der Waals surface area (Å²) in [6.45, 7) is 2.08. The Labute approximate surface area is 135 Å². The third-order valence-electron chi connectivity index (χ3n) is 3.99. The van der Waals surface area contributed by atoms with Crippen molar-refractivity contribution in [3.05, 3.63) is 64.8 Å². The number of aromatic nitrogens is 1. The highest BCUT2D eigenvalue weighted by Gasteiger charge is 2.14. The number of hydrogen-bond donors (Lipinski definition) is 1. The molecule has 0 aliphatic carbocycles. The van der Waals surface area contributed by atoms with Crippen LogP contribution in [0.1, 0.15) is 27.0 Å². The number of rotatable bonds is 4. The summed E-state index contributed by atoms with van der Waals surface area (Å²) in [5.41, 5.74) is 5.03. The van der Waals surface area contributed by atoms with Crippen LogP contribution in [0.15, 0.2) is 42.6 Å². The first-order chi connectivity index (χ1) is 11.1. The van der Waals surface area contributed by atoms with E-state index >= 15 is 0 Å². The summed E-state index contributed by atoms with van der Waals surface area (Å²) >= 11 is 0. The van der Waals surface area contributed by atoms with Crippen LogP contribution in [0.25, 0.3) is 10.9 Å². The highest BCUT2D eigenvalue weighted by Crippen LogP contribution is 2.25. The molecule has 0 saturated carbocycles. The third-order valence-corrected chi connectivity index (χ3v) is 3.99. The molecule has 3 rings (SSSR count). The Hall–Kier alpha value is -2.75. The van der Waals surface area contributed by atoms with E-state index in [2.05, 4.69) is 30.1 Å². The summed E-state index contributed by atoms with van der Waals surface area (Å²) in [5.74, 6) is 0.133. The number of esters is 1. The fourth-order valence-electron chi connectivity index (χ4n) is 2.79. The van der Waals surface area contributed by atoms with Crippen molar-refractivity contribution in [3.8, 4) is 5.75 Å². The molecule has 0 aliphatic rings. The topological polar surface area (TPSA) is 51.3 Å². The second kappa shape index (κ2) is 6.16. The fraction of sp³-hybridized carbons (Fsp3) is 0.211. The van der Waals surface area contributed by atoms with Gasteiger partial charge in [-0.25, -0.2) is 4.79 Å². The second-order valence-electron chi connectivity index (χ2n) is 5.57. The maximum atomic E-state index is 11.9. The Balaban J connectivity index is 1.98. The van der Waals surface area contributed by atoms with E-state index in [1.54, 1.807) is 7.11 Å². The average Bonchev–Trinajstić information content (AvgIpc) is 2.96. The number of ether oxygens (including phenoxy) is 2. The first-order valence-corrected chi connectivity index (χ1v) is 7.44. The number of methoxy groups -OCH3 is 2. The Morgan fingerprint density at radius 2 is 1.96 bits per heavy atom. The SMILES string of the molecule is COC(=O)c1cc(Cc2c[nH]c3ccc(C)cc23)ccc1OC. The molecule has 4 heteroatoms. The number of H-pyrrole nitrogens is 1. The van der Waals surface area contributed by atoms with Gasteiger partial charge >= 0.3 is 5.97 Å². The molecule has 0 saturated heterocycles. The van der Waals surface area contributed by atoms with Crippen LogP contribution < -0.4 is 4.74 Å². The van der Waals surface area contributed by atoms with Gasteiger partial charge in [0.25, 0.3) is 0 Å². The number of nitrogens with one attached hydrogen (secondary N) is 1. The summed E-state index contributed by atoms with van der Waals surface area (Å²) in [4.78, 5) is 15.2. The van der Waals surface area contributed by atoms with Crippen LogP contribution in [-0.2, 0) is 11.2 Å². The lowest BCUT2D eigenvalue weighted by Crippen LogP contribution is -2.05. The summed E-state index contributed by atoms with van der Waals surface area (Å²) in [5, 5.41) is 1.21. The number of aryl methyl sites for hydroxylation is 1. The zero-order valence-electron chi connectivity index (χ0n) is 13.5. The van der Waals surface area contributed by atoms with Crippen molar-refractivity contribution in [2.45, 2.75) is 13.3 Å². The van der Waals surface area contributed by atoms with Gasteiger partial charge in [0.05, 0.1) is 14.2 Å². The van der Waals surface area contributed by atoms with Crippen LogP contribution >= 0.6 is 0 Å². The van der Waals surface area contributed by atoms with Gasteiger partial charge in [-0.05, 0) is 48.7 Å². The first-order valence-electron chi connectivity index (χ1n) is 7.44. The summed E-state index contributed by atoms with van der Waals surface area (Å²) < 4.78 is 10.1. The van der Waals surface area contributed by atoms with Crippen LogP contribution in [0, 0.1) is 6.92 Å². The van der Waals surface area contributed by atoms with Crippen molar-refractivity contribution >= 4 is 16.9 Å². The minimum absolute atomic E-state index is 0.390. The molecule has 0 spiro atoms. The van der Waals surface area contributed by atoms with Crippen molar-refractivity contribution in [2.24, 2.45) is 0 Å². The highest BCUT2D eigenvalue weighted by atomic mass is 16.5. The summed E-state index contributed by atoms with van der Waals surface area (Å²) in [6.07, 6.45) is 2.75. The molecule has 3 aromatic rings. The molecular weight excluding hydrogens is 290 g/mol. The fourth-order valence-corrected chi connectivity index (χ4v) is 2.79. The normalized spacial score (nSPS) is 10.7. The number of benzene rings is 2. The molecule has 23 heavy (non-hydrogen) atoms. The van der Waals surface area contributed by atoms with E-state index in [9.17, 15) is 4.79 Å². The van der Waals surface area contributed by atoms with Gasteiger partial charge in [0.15, 0.2) is 0 Å². The molecule has 0 aliphatic heterocycles. The van der Waals surface area contributed by atoms with Gasteiger partial charge < -0.3 is 14.5 Å². The predicted molar refractivity (Wildman–Crippen MR) is 90.2 cm³/mol. The van der Waals surface area contributed by atoms with E-state index in [-0.39, 0.29) is 0 Å². The van der Waals surface area contributed by atoms with E-state index < -0.39 is 5.97 Å². The van der Waals surface area contributed by atoms with Crippen molar-refractivity contribution in [3.63, 3.8) is 0 Å². The molecule has 2 aromatic carbocycles. The maximum absolute atomic E-state index is 11.9. The minimum Gasteiger partial charge on any atom is -0.496 e. The van der Waals surface area contributed by atoms with Crippen molar-refractivity contribution in [2.75, 3.05) is 14.2 Å². The van der Waals surface area contributed by atoms with Gasteiger partial charge in [-0.15, -0.1) is 0 Å². The lowest BCUT2D eigenvalue weighted by molar-refractivity contribution is 0.0597. The second-order valence-corrected chi connectivity index (χ2v) is 5.57. The molecule has 1 N–H and O–H groups in total. The van der Waals surface area contributed by atoms with Crippen LogP contribution in [-0.4, -0.2) is 25.2 Å². The van der Waals surface area contributed by atoms with E-state index in [1.165, 1.54) is 23.6 Å². The molecular formula is C19H19NO3. The molecule has 0 fully saturated rings. The van der Waals surface area contributed by atoms with Crippen molar-refractivity contribution in [1.29, 1.82) is 0 Å². The van der Waals surface area contributed by atoms with Gasteiger partial charge in [0.2, 0.25) is 0 Å². The molecule has 118 valence electrons. The molecule has 0 unspecified atom stereocenters. The molecule has 4 nitrogen and oxygen atoms in total. The number of hydrogen-bond acceptors (Lipinski definition) is 3. The number of carbonyl (C=O) groups is 1.